The summed E-state index contributed by atoms with van der Waals surface area (Å²) in [5.74, 6) is -1.18. The first-order chi connectivity index (χ1) is 12.3. The number of anilines is 1. The Labute approximate surface area is 158 Å². The van der Waals surface area contributed by atoms with E-state index in [0.717, 1.165) is 6.07 Å². The van der Waals surface area contributed by atoms with Gasteiger partial charge in [0.25, 0.3) is 11.6 Å². The summed E-state index contributed by atoms with van der Waals surface area (Å²) in [6.45, 7) is 1.38. The fourth-order valence-electron chi connectivity index (χ4n) is 1.92. The Morgan fingerprint density at radius 2 is 2.08 bits per heavy atom. The molecule has 1 N–H and O–H groups in total. The number of nitrogens with one attached hydrogen (secondary N) is 1. The van der Waals surface area contributed by atoms with E-state index in [-0.39, 0.29) is 17.1 Å². The molecule has 0 aliphatic carbocycles. The van der Waals surface area contributed by atoms with Crippen molar-refractivity contribution in [3.05, 3.63) is 57.2 Å². The van der Waals surface area contributed by atoms with Crippen molar-refractivity contribution in [1.29, 1.82) is 0 Å². The summed E-state index contributed by atoms with van der Waals surface area (Å²) in [6, 6.07) is 7.04. The van der Waals surface area contributed by atoms with Gasteiger partial charge in [-0.15, -0.1) is 11.8 Å². The summed E-state index contributed by atoms with van der Waals surface area (Å²) in [7, 11) is 0. The van der Waals surface area contributed by atoms with Crippen LogP contribution in [0.15, 0.2) is 41.4 Å². The van der Waals surface area contributed by atoms with Gasteiger partial charge < -0.3 is 10.1 Å². The number of aromatic nitrogens is 1. The molecule has 1 aromatic carbocycles. The predicted octanol–water partition coefficient (Wildman–Crippen LogP) is 3.55. The van der Waals surface area contributed by atoms with E-state index in [0.29, 0.717) is 9.92 Å². The van der Waals surface area contributed by atoms with Gasteiger partial charge >= 0.3 is 5.97 Å². The van der Waals surface area contributed by atoms with Gasteiger partial charge in [-0.3, -0.25) is 14.9 Å². The van der Waals surface area contributed by atoms with Crippen molar-refractivity contribution < 1.29 is 19.2 Å². The largest absolute Gasteiger partial charge is 0.449 e. The molecule has 0 bridgehead atoms. The number of pyridine rings is 1. The van der Waals surface area contributed by atoms with Gasteiger partial charge in [-0.05, 0) is 37.4 Å². The molecule has 1 atom stereocenters. The van der Waals surface area contributed by atoms with E-state index < -0.39 is 22.9 Å². The zero-order valence-electron chi connectivity index (χ0n) is 13.8. The average Bonchev–Trinajstić information content (AvgIpc) is 2.62. The van der Waals surface area contributed by atoms with Crippen LogP contribution in [0.25, 0.3) is 0 Å². The normalized spacial score (nSPS) is 11.5. The molecule has 0 aliphatic heterocycles. The first kappa shape index (κ1) is 19.7. The van der Waals surface area contributed by atoms with E-state index in [4.69, 9.17) is 16.3 Å². The third-order valence-corrected chi connectivity index (χ3v) is 4.25. The third-order valence-electron chi connectivity index (χ3n) is 3.24. The zero-order chi connectivity index (χ0) is 19.3. The Morgan fingerprint density at radius 3 is 2.65 bits per heavy atom. The number of amides is 1. The minimum Gasteiger partial charge on any atom is -0.449 e. The molecule has 2 aromatic rings. The van der Waals surface area contributed by atoms with Gasteiger partial charge in [0.1, 0.15) is 5.82 Å². The van der Waals surface area contributed by atoms with Crippen molar-refractivity contribution in [2.75, 3.05) is 11.6 Å². The SMILES string of the molecule is CSc1ccc(C(=O)O[C@H](C)C(=O)Nc2ccc(Cl)cn2)cc1[N+](=O)[O-]. The average molecular weight is 396 g/mol. The second kappa shape index (κ2) is 8.63. The number of nitro benzene ring substituents is 1. The lowest BCUT2D eigenvalue weighted by molar-refractivity contribution is -0.387. The number of nitro groups is 1. The molecule has 8 nitrogen and oxygen atoms in total. The highest BCUT2D eigenvalue weighted by molar-refractivity contribution is 7.98. The van der Waals surface area contributed by atoms with Gasteiger partial charge in [0.15, 0.2) is 6.10 Å². The van der Waals surface area contributed by atoms with Crippen molar-refractivity contribution in [2.45, 2.75) is 17.9 Å². The van der Waals surface area contributed by atoms with Gasteiger partial charge in [-0.2, -0.15) is 0 Å². The molecule has 136 valence electrons. The lowest BCUT2D eigenvalue weighted by Crippen LogP contribution is -2.30. The first-order valence-electron chi connectivity index (χ1n) is 7.27. The number of halogens is 1. The molecule has 0 fully saturated rings. The van der Waals surface area contributed by atoms with Crippen LogP contribution in [0.2, 0.25) is 5.02 Å². The molecule has 0 aliphatic rings. The van der Waals surface area contributed by atoms with Crippen LogP contribution in [0.3, 0.4) is 0 Å². The maximum atomic E-state index is 12.2. The van der Waals surface area contributed by atoms with Gasteiger partial charge in [0.2, 0.25) is 0 Å². The molecule has 0 spiro atoms. The number of carbonyl (C=O) groups excluding carboxylic acids is 2. The van der Waals surface area contributed by atoms with Crippen LogP contribution >= 0.6 is 23.4 Å². The molecule has 0 saturated carbocycles. The summed E-state index contributed by atoms with van der Waals surface area (Å²) >= 11 is 6.90. The van der Waals surface area contributed by atoms with E-state index in [2.05, 4.69) is 10.3 Å². The minimum atomic E-state index is -1.13. The molecule has 26 heavy (non-hydrogen) atoms. The molecule has 1 amide bonds. The van der Waals surface area contributed by atoms with Crippen LogP contribution in [-0.2, 0) is 9.53 Å². The number of hydrogen-bond acceptors (Lipinski definition) is 7. The van der Waals surface area contributed by atoms with E-state index in [1.165, 1.54) is 43.1 Å². The zero-order valence-corrected chi connectivity index (χ0v) is 15.3. The fraction of sp³-hybridized carbons (Fsp3) is 0.188. The second-order valence-corrected chi connectivity index (χ2v) is 6.33. The molecule has 1 aromatic heterocycles. The fourth-order valence-corrected chi connectivity index (χ4v) is 2.58. The van der Waals surface area contributed by atoms with Gasteiger partial charge in [-0.1, -0.05) is 11.6 Å². The summed E-state index contributed by atoms with van der Waals surface area (Å²) in [6.07, 6.45) is 1.93. The Morgan fingerprint density at radius 1 is 1.35 bits per heavy atom. The van der Waals surface area contributed by atoms with Crippen LogP contribution in [0.4, 0.5) is 11.5 Å². The first-order valence-corrected chi connectivity index (χ1v) is 8.88. The van der Waals surface area contributed by atoms with Crippen LogP contribution in [-0.4, -0.2) is 34.1 Å². The van der Waals surface area contributed by atoms with Crippen LogP contribution in [0.1, 0.15) is 17.3 Å². The standard InChI is InChI=1S/C16H14ClN3O5S/c1-9(15(21)19-14-6-4-11(17)8-18-14)25-16(22)10-3-5-13(26-2)12(7-10)20(23)24/h3-9H,1-2H3,(H,18,19,21)/t9-/m1/s1. The van der Waals surface area contributed by atoms with Crippen molar-refractivity contribution in [2.24, 2.45) is 0 Å². The maximum Gasteiger partial charge on any atom is 0.339 e. The molecular weight excluding hydrogens is 382 g/mol. The Balaban J connectivity index is 2.06. The molecule has 1 heterocycles. The van der Waals surface area contributed by atoms with Gasteiger partial charge in [0.05, 0.1) is 20.4 Å². The molecule has 0 unspecified atom stereocenters. The van der Waals surface area contributed by atoms with E-state index in [1.54, 1.807) is 12.3 Å². The highest BCUT2D eigenvalue weighted by Crippen LogP contribution is 2.28. The monoisotopic (exact) mass is 395 g/mol. The number of ether oxygens (including phenoxy) is 1. The number of hydrogen-bond donors (Lipinski definition) is 1. The van der Waals surface area contributed by atoms with Gasteiger partial charge in [-0.25, -0.2) is 9.78 Å². The summed E-state index contributed by atoms with van der Waals surface area (Å²) < 4.78 is 5.07. The van der Waals surface area contributed by atoms with Crippen LogP contribution < -0.4 is 5.32 Å². The van der Waals surface area contributed by atoms with E-state index in [9.17, 15) is 19.7 Å². The molecule has 0 radical (unpaired) electrons. The molecule has 10 heteroatoms. The summed E-state index contributed by atoms with van der Waals surface area (Å²) in [5, 5.41) is 14.0. The minimum absolute atomic E-state index is 0.0150. The van der Waals surface area contributed by atoms with Crippen LogP contribution in [0, 0.1) is 10.1 Å². The highest BCUT2D eigenvalue weighted by Gasteiger charge is 2.22. The lowest BCUT2D eigenvalue weighted by Gasteiger charge is -2.13. The maximum absolute atomic E-state index is 12.2. The predicted molar refractivity (Wildman–Crippen MR) is 97.6 cm³/mol. The Kier molecular flexibility index (Phi) is 6.53. The smallest absolute Gasteiger partial charge is 0.339 e. The quantitative estimate of drug-likeness (QED) is 0.344. The van der Waals surface area contributed by atoms with Crippen molar-refractivity contribution in [1.82, 2.24) is 4.98 Å². The molecule has 2 rings (SSSR count). The molecular formula is C16H14ClN3O5S. The van der Waals surface area contributed by atoms with Crippen molar-refractivity contribution in [3.8, 4) is 0 Å². The summed E-state index contributed by atoms with van der Waals surface area (Å²) in [5.41, 5.74) is -0.215. The Bertz CT molecular complexity index is 844. The van der Waals surface area contributed by atoms with E-state index >= 15 is 0 Å². The second-order valence-electron chi connectivity index (χ2n) is 5.04. The van der Waals surface area contributed by atoms with Crippen molar-refractivity contribution >= 4 is 46.7 Å². The lowest BCUT2D eigenvalue weighted by atomic mass is 10.2. The topological polar surface area (TPSA) is 111 Å². The highest BCUT2D eigenvalue weighted by atomic mass is 35.5. The number of nitrogens with zero attached hydrogens (tertiary/aromatic N) is 2. The van der Waals surface area contributed by atoms with E-state index in [1.807, 2.05) is 0 Å². The summed E-state index contributed by atoms with van der Waals surface area (Å²) in [4.78, 5) is 39.1. The van der Waals surface area contributed by atoms with Crippen LogP contribution in [0.5, 0.6) is 0 Å². The molecule has 0 saturated heterocycles. The number of rotatable bonds is 6. The number of benzene rings is 1. The number of carbonyl (C=O) groups is 2. The van der Waals surface area contributed by atoms with Gasteiger partial charge in [0, 0.05) is 12.3 Å². The number of esters is 1. The number of thioether (sulfide) groups is 1. The Hall–Kier alpha value is -2.65. The van der Waals surface area contributed by atoms with Crippen molar-refractivity contribution in [3.63, 3.8) is 0 Å². The third kappa shape index (κ3) is 4.93.